The number of benzene rings is 3. The number of hydrogen-bond acceptors (Lipinski definition) is 3. The second-order valence-corrected chi connectivity index (χ2v) is 10.0. The number of ether oxygens (including phenoxy) is 2. The van der Waals surface area contributed by atoms with Gasteiger partial charge in [0, 0.05) is 11.6 Å². The maximum absolute atomic E-state index is 12.6. The Morgan fingerprint density at radius 1 is 0.943 bits per heavy atom. The molecule has 0 spiro atoms. The molecular weight excluding hydrogens is 456 g/mol. The van der Waals surface area contributed by atoms with E-state index in [1.165, 1.54) is 45.6 Å². The van der Waals surface area contributed by atoms with Gasteiger partial charge in [-0.25, -0.2) is 4.79 Å². The van der Waals surface area contributed by atoms with Crippen molar-refractivity contribution in [1.82, 2.24) is 0 Å². The highest BCUT2D eigenvalue weighted by Gasteiger charge is 2.21. The Labute approximate surface area is 214 Å². The average molecular weight is 491 g/mol. The van der Waals surface area contributed by atoms with Gasteiger partial charge in [0.05, 0.1) is 12.7 Å². The van der Waals surface area contributed by atoms with Gasteiger partial charge >= 0.3 is 5.97 Å². The molecule has 184 valence electrons. The lowest BCUT2D eigenvalue weighted by Crippen LogP contribution is -2.12. The molecule has 0 N–H and O–H groups in total. The van der Waals surface area contributed by atoms with E-state index in [-0.39, 0.29) is 12.1 Å². The van der Waals surface area contributed by atoms with Crippen molar-refractivity contribution in [3.8, 4) is 11.1 Å². The summed E-state index contributed by atoms with van der Waals surface area (Å²) in [5, 5.41) is 0.684. The van der Waals surface area contributed by atoms with Gasteiger partial charge in [0.15, 0.2) is 0 Å². The van der Waals surface area contributed by atoms with Crippen molar-refractivity contribution in [2.24, 2.45) is 5.92 Å². The Balaban J connectivity index is 1.64. The fraction of sp³-hybridized carbons (Fsp3) is 0.387. The molecule has 0 bridgehead atoms. The van der Waals surface area contributed by atoms with Crippen LogP contribution in [0.3, 0.4) is 0 Å². The molecular formula is C31H35ClO3. The van der Waals surface area contributed by atoms with E-state index >= 15 is 0 Å². The molecule has 3 nitrogen and oxygen atoms in total. The van der Waals surface area contributed by atoms with Crippen molar-refractivity contribution in [3.05, 3.63) is 94.0 Å². The summed E-state index contributed by atoms with van der Waals surface area (Å²) in [5.41, 5.74) is 5.52. The second-order valence-electron chi connectivity index (χ2n) is 9.56. The van der Waals surface area contributed by atoms with Crippen LogP contribution >= 0.6 is 11.6 Å². The molecule has 4 rings (SSSR count). The predicted molar refractivity (Wildman–Crippen MR) is 143 cm³/mol. The monoisotopic (exact) mass is 490 g/mol. The molecule has 0 aliphatic heterocycles. The van der Waals surface area contributed by atoms with Crippen LogP contribution in [0, 0.1) is 12.8 Å². The zero-order valence-corrected chi connectivity index (χ0v) is 21.5. The fourth-order valence-corrected chi connectivity index (χ4v) is 5.41. The highest BCUT2D eigenvalue weighted by atomic mass is 35.5. The zero-order valence-electron chi connectivity index (χ0n) is 20.8. The minimum absolute atomic E-state index is 0.269. The quantitative estimate of drug-likeness (QED) is 0.222. The SMILES string of the molecule is COC(=O)c1ccc(C(OCCCC2CCCCC2)c2cccc(Cl)c2)cc1-c1ccccc1C. The Morgan fingerprint density at radius 3 is 2.46 bits per heavy atom. The van der Waals surface area contributed by atoms with Crippen LogP contribution in [0.15, 0.2) is 66.7 Å². The smallest absolute Gasteiger partial charge is 0.338 e. The van der Waals surface area contributed by atoms with Crippen LogP contribution in [0.5, 0.6) is 0 Å². The molecule has 0 saturated heterocycles. The van der Waals surface area contributed by atoms with E-state index < -0.39 is 0 Å². The lowest BCUT2D eigenvalue weighted by Gasteiger charge is -2.23. The lowest BCUT2D eigenvalue weighted by atomic mass is 9.86. The van der Waals surface area contributed by atoms with Crippen molar-refractivity contribution in [3.63, 3.8) is 0 Å². The van der Waals surface area contributed by atoms with Crippen LogP contribution in [0.1, 0.15) is 78.1 Å². The fourth-order valence-electron chi connectivity index (χ4n) is 5.21. The first kappa shape index (κ1) is 25.5. The van der Waals surface area contributed by atoms with Gasteiger partial charge in [-0.15, -0.1) is 0 Å². The van der Waals surface area contributed by atoms with E-state index in [0.29, 0.717) is 17.2 Å². The molecule has 35 heavy (non-hydrogen) atoms. The lowest BCUT2D eigenvalue weighted by molar-refractivity contribution is 0.0600. The Hall–Kier alpha value is -2.62. The summed E-state index contributed by atoms with van der Waals surface area (Å²) in [5.74, 6) is 0.492. The van der Waals surface area contributed by atoms with Gasteiger partial charge in [-0.1, -0.05) is 86.2 Å². The van der Waals surface area contributed by atoms with Gasteiger partial charge in [0.1, 0.15) is 6.10 Å². The van der Waals surface area contributed by atoms with Crippen molar-refractivity contribution < 1.29 is 14.3 Å². The summed E-state index contributed by atoms with van der Waals surface area (Å²) >= 11 is 6.36. The summed E-state index contributed by atoms with van der Waals surface area (Å²) in [6.07, 6.45) is 8.82. The van der Waals surface area contributed by atoms with Crippen molar-refractivity contribution >= 4 is 17.6 Å². The Bertz CT molecular complexity index is 1130. The van der Waals surface area contributed by atoms with Crippen molar-refractivity contribution in [1.29, 1.82) is 0 Å². The van der Waals surface area contributed by atoms with Gasteiger partial charge in [-0.05, 0) is 77.8 Å². The van der Waals surface area contributed by atoms with Crippen molar-refractivity contribution in [2.45, 2.75) is 58.0 Å². The Kier molecular flexibility index (Phi) is 9.01. The molecule has 0 aromatic heterocycles. The first-order valence-electron chi connectivity index (χ1n) is 12.7. The molecule has 4 heteroatoms. The first-order chi connectivity index (χ1) is 17.1. The van der Waals surface area contributed by atoms with E-state index in [4.69, 9.17) is 21.1 Å². The van der Waals surface area contributed by atoms with Crippen LogP contribution in [-0.2, 0) is 9.47 Å². The highest BCUT2D eigenvalue weighted by molar-refractivity contribution is 6.30. The molecule has 1 aliphatic carbocycles. The maximum Gasteiger partial charge on any atom is 0.338 e. The number of halogens is 1. The van der Waals surface area contributed by atoms with E-state index in [9.17, 15) is 4.79 Å². The summed E-state index contributed by atoms with van der Waals surface area (Å²) in [7, 11) is 1.42. The average Bonchev–Trinajstić information content (AvgIpc) is 2.89. The minimum atomic E-state index is -0.345. The second kappa shape index (κ2) is 12.4. The first-order valence-corrected chi connectivity index (χ1v) is 13.1. The molecule has 1 saturated carbocycles. The normalized spacial score (nSPS) is 15.1. The van der Waals surface area contributed by atoms with E-state index in [1.54, 1.807) is 0 Å². The molecule has 1 atom stereocenters. The van der Waals surface area contributed by atoms with E-state index in [0.717, 1.165) is 40.2 Å². The number of carbonyl (C=O) groups is 1. The molecule has 1 unspecified atom stereocenters. The highest BCUT2D eigenvalue weighted by Crippen LogP contribution is 2.35. The van der Waals surface area contributed by atoms with Gasteiger partial charge in [-0.2, -0.15) is 0 Å². The van der Waals surface area contributed by atoms with Crippen molar-refractivity contribution in [2.75, 3.05) is 13.7 Å². The van der Waals surface area contributed by atoms with Crippen LogP contribution in [0.2, 0.25) is 5.02 Å². The molecule has 3 aromatic carbocycles. The van der Waals surface area contributed by atoms with E-state index in [2.05, 4.69) is 25.1 Å². The molecule has 0 radical (unpaired) electrons. The van der Waals surface area contributed by atoms with Crippen LogP contribution in [0.4, 0.5) is 0 Å². The Morgan fingerprint density at radius 2 is 1.71 bits per heavy atom. The zero-order chi connectivity index (χ0) is 24.6. The summed E-state index contributed by atoms with van der Waals surface area (Å²) < 4.78 is 11.6. The van der Waals surface area contributed by atoms with Gasteiger partial charge in [0.25, 0.3) is 0 Å². The summed E-state index contributed by atoms with van der Waals surface area (Å²) in [6, 6.07) is 21.9. The van der Waals surface area contributed by atoms with Crippen LogP contribution in [0.25, 0.3) is 11.1 Å². The third-order valence-corrected chi connectivity index (χ3v) is 7.34. The van der Waals surface area contributed by atoms with Crippen LogP contribution < -0.4 is 0 Å². The van der Waals surface area contributed by atoms with Gasteiger partial charge < -0.3 is 9.47 Å². The number of rotatable bonds is 9. The third-order valence-electron chi connectivity index (χ3n) is 7.10. The van der Waals surface area contributed by atoms with Crippen LogP contribution in [-0.4, -0.2) is 19.7 Å². The molecule has 1 fully saturated rings. The molecule has 1 aliphatic rings. The van der Waals surface area contributed by atoms with Gasteiger partial charge in [0.2, 0.25) is 0 Å². The standard InChI is InChI=1S/C31H35ClO3/c1-22-10-6-7-16-27(22)29-21-25(17-18-28(29)31(33)34-2)30(24-14-8-15-26(32)20-24)35-19-9-13-23-11-4-3-5-12-23/h6-8,10,14-18,20-21,23,30H,3-5,9,11-13,19H2,1-2H3. The number of methoxy groups -OCH3 is 1. The summed E-state index contributed by atoms with van der Waals surface area (Å²) in [6.45, 7) is 2.74. The van der Waals surface area contributed by atoms with Gasteiger partial charge in [-0.3, -0.25) is 0 Å². The summed E-state index contributed by atoms with van der Waals surface area (Å²) in [4.78, 5) is 12.6. The molecule has 3 aromatic rings. The topological polar surface area (TPSA) is 35.5 Å². The number of carbonyl (C=O) groups excluding carboxylic acids is 1. The number of esters is 1. The largest absolute Gasteiger partial charge is 0.465 e. The number of aryl methyl sites for hydroxylation is 1. The minimum Gasteiger partial charge on any atom is -0.465 e. The molecule has 0 heterocycles. The predicted octanol–water partition coefficient (Wildman–Crippen LogP) is 8.57. The third kappa shape index (κ3) is 6.54. The van der Waals surface area contributed by atoms with E-state index in [1.807, 2.05) is 48.5 Å². The number of hydrogen-bond donors (Lipinski definition) is 0. The maximum atomic E-state index is 12.6. The molecule has 0 amide bonds.